The Morgan fingerprint density at radius 2 is 2.07 bits per heavy atom. The zero-order valence-corrected chi connectivity index (χ0v) is 16.3. The normalized spacial score (nSPS) is 16.3. The zero-order chi connectivity index (χ0) is 18.6. The first-order chi connectivity index (χ1) is 13.2. The number of nitrogens with zero attached hydrogens (tertiary/aromatic N) is 2. The van der Waals surface area contributed by atoms with Crippen molar-refractivity contribution >= 4 is 22.4 Å². The molecule has 6 nitrogen and oxygen atoms in total. The van der Waals surface area contributed by atoms with Crippen molar-refractivity contribution in [2.24, 2.45) is 0 Å². The summed E-state index contributed by atoms with van der Waals surface area (Å²) in [6.07, 6.45) is 6.06. The minimum atomic E-state index is -0.355. The zero-order valence-electron chi connectivity index (χ0n) is 15.5. The van der Waals surface area contributed by atoms with Gasteiger partial charge in [0, 0.05) is 18.0 Å². The van der Waals surface area contributed by atoms with Crippen LogP contribution in [0.4, 0.5) is 5.13 Å². The van der Waals surface area contributed by atoms with E-state index in [1.807, 2.05) is 12.1 Å². The van der Waals surface area contributed by atoms with Crippen molar-refractivity contribution in [2.45, 2.75) is 51.6 Å². The van der Waals surface area contributed by atoms with E-state index < -0.39 is 0 Å². The first-order valence-corrected chi connectivity index (χ1v) is 10.4. The third kappa shape index (κ3) is 4.03. The van der Waals surface area contributed by atoms with Crippen LogP contribution in [-0.2, 0) is 11.3 Å². The van der Waals surface area contributed by atoms with Gasteiger partial charge in [-0.3, -0.25) is 0 Å². The van der Waals surface area contributed by atoms with E-state index in [0.717, 1.165) is 41.6 Å². The average Bonchev–Trinajstić information content (AvgIpc) is 3.36. The van der Waals surface area contributed by atoms with Crippen LogP contribution in [0.15, 0.2) is 23.6 Å². The molecule has 0 bridgehead atoms. The number of rotatable bonds is 6. The van der Waals surface area contributed by atoms with Gasteiger partial charge in [-0.1, -0.05) is 25.3 Å². The molecule has 144 valence electrons. The Bertz CT molecular complexity index is 801. The molecule has 1 aliphatic heterocycles. The molecule has 1 saturated carbocycles. The fourth-order valence-electron chi connectivity index (χ4n) is 3.68. The quantitative estimate of drug-likeness (QED) is 0.684. The van der Waals surface area contributed by atoms with Gasteiger partial charge in [0.15, 0.2) is 22.3 Å². The Kier molecular flexibility index (Phi) is 5.48. The standard InChI is InChI=1S/C20H24N2O4S/c1-2-24-19(23)16-12-27-20(21-16)22(15-6-4-3-5-7-15)11-14-8-9-17-18(10-14)26-13-25-17/h8-10,12,15H,2-7,11,13H2,1H3. The van der Waals surface area contributed by atoms with Crippen molar-refractivity contribution in [3.63, 3.8) is 0 Å². The van der Waals surface area contributed by atoms with Crippen molar-refractivity contribution in [2.75, 3.05) is 18.3 Å². The molecule has 0 unspecified atom stereocenters. The molecule has 2 aromatic rings. The predicted molar refractivity (Wildman–Crippen MR) is 104 cm³/mol. The van der Waals surface area contributed by atoms with Gasteiger partial charge >= 0.3 is 5.97 Å². The number of ether oxygens (including phenoxy) is 3. The topological polar surface area (TPSA) is 60.9 Å². The molecule has 0 saturated heterocycles. The monoisotopic (exact) mass is 388 g/mol. The summed E-state index contributed by atoms with van der Waals surface area (Å²) in [6, 6.07) is 6.51. The van der Waals surface area contributed by atoms with E-state index in [0.29, 0.717) is 18.3 Å². The number of anilines is 1. The molecular formula is C20H24N2O4S. The molecule has 1 aromatic carbocycles. The molecule has 7 heteroatoms. The van der Waals surface area contributed by atoms with E-state index in [1.54, 1.807) is 12.3 Å². The average molecular weight is 388 g/mol. The summed E-state index contributed by atoms with van der Waals surface area (Å²) >= 11 is 1.51. The van der Waals surface area contributed by atoms with Crippen molar-refractivity contribution in [3.05, 3.63) is 34.8 Å². The van der Waals surface area contributed by atoms with Crippen LogP contribution in [-0.4, -0.2) is 30.4 Å². The van der Waals surface area contributed by atoms with Gasteiger partial charge in [-0.2, -0.15) is 0 Å². The van der Waals surface area contributed by atoms with E-state index >= 15 is 0 Å². The lowest BCUT2D eigenvalue weighted by molar-refractivity contribution is 0.0520. The fourth-order valence-corrected chi connectivity index (χ4v) is 4.54. The molecule has 0 spiro atoms. The van der Waals surface area contributed by atoms with Gasteiger partial charge in [0.05, 0.1) is 6.61 Å². The number of thiazole rings is 1. The van der Waals surface area contributed by atoms with Crippen molar-refractivity contribution in [3.8, 4) is 11.5 Å². The van der Waals surface area contributed by atoms with E-state index in [1.165, 1.54) is 30.6 Å². The SMILES string of the molecule is CCOC(=O)c1csc(N(Cc2ccc3c(c2)OCO3)C2CCCCC2)n1. The second-order valence-electron chi connectivity index (χ2n) is 6.84. The smallest absolute Gasteiger partial charge is 0.357 e. The number of esters is 1. The lowest BCUT2D eigenvalue weighted by Crippen LogP contribution is -2.36. The third-order valence-corrected chi connectivity index (χ3v) is 5.91. The first-order valence-electron chi connectivity index (χ1n) is 9.52. The summed E-state index contributed by atoms with van der Waals surface area (Å²) in [5.74, 6) is 1.23. The van der Waals surface area contributed by atoms with E-state index in [-0.39, 0.29) is 12.8 Å². The molecule has 0 amide bonds. The molecule has 27 heavy (non-hydrogen) atoms. The number of benzene rings is 1. The van der Waals surface area contributed by atoms with Crippen LogP contribution in [0.5, 0.6) is 11.5 Å². The van der Waals surface area contributed by atoms with Gasteiger partial charge in [0.1, 0.15) is 0 Å². The second kappa shape index (κ2) is 8.17. The Labute approximate surface area is 163 Å². The minimum absolute atomic E-state index is 0.278. The number of carbonyl (C=O) groups excluding carboxylic acids is 1. The van der Waals surface area contributed by atoms with Crippen LogP contribution in [0.2, 0.25) is 0 Å². The first kappa shape index (κ1) is 18.1. The van der Waals surface area contributed by atoms with E-state index in [2.05, 4.69) is 16.0 Å². The molecule has 1 aliphatic carbocycles. The molecule has 1 aromatic heterocycles. The highest BCUT2D eigenvalue weighted by Crippen LogP contribution is 2.35. The molecule has 0 radical (unpaired) electrons. The molecule has 2 heterocycles. The summed E-state index contributed by atoms with van der Waals surface area (Å²) in [7, 11) is 0. The molecular weight excluding hydrogens is 364 g/mol. The third-order valence-electron chi connectivity index (χ3n) is 5.03. The number of hydrogen-bond donors (Lipinski definition) is 0. The van der Waals surface area contributed by atoms with E-state index in [9.17, 15) is 4.79 Å². The number of aromatic nitrogens is 1. The Morgan fingerprint density at radius 3 is 2.89 bits per heavy atom. The van der Waals surface area contributed by atoms with Crippen molar-refractivity contribution in [1.82, 2.24) is 4.98 Å². The van der Waals surface area contributed by atoms with Crippen molar-refractivity contribution in [1.29, 1.82) is 0 Å². The lowest BCUT2D eigenvalue weighted by atomic mass is 9.94. The highest BCUT2D eigenvalue weighted by atomic mass is 32.1. The van der Waals surface area contributed by atoms with Crippen LogP contribution < -0.4 is 14.4 Å². The maximum atomic E-state index is 12.0. The summed E-state index contributed by atoms with van der Waals surface area (Å²) in [6.45, 7) is 3.17. The van der Waals surface area contributed by atoms with Crippen LogP contribution in [0.25, 0.3) is 0 Å². The van der Waals surface area contributed by atoms with E-state index in [4.69, 9.17) is 14.2 Å². The molecule has 1 fully saturated rings. The highest BCUT2D eigenvalue weighted by molar-refractivity contribution is 7.13. The maximum absolute atomic E-state index is 12.0. The number of carbonyl (C=O) groups is 1. The number of fused-ring (bicyclic) bond motifs is 1. The minimum Gasteiger partial charge on any atom is -0.461 e. The Balaban J connectivity index is 1.58. The summed E-state index contributed by atoms with van der Waals surface area (Å²) in [5.41, 5.74) is 1.54. The van der Waals surface area contributed by atoms with Gasteiger partial charge in [-0.15, -0.1) is 11.3 Å². The van der Waals surface area contributed by atoms with Crippen LogP contribution in [0, 0.1) is 0 Å². The van der Waals surface area contributed by atoms with Crippen LogP contribution in [0.1, 0.15) is 55.1 Å². The van der Waals surface area contributed by atoms with Crippen LogP contribution >= 0.6 is 11.3 Å². The largest absolute Gasteiger partial charge is 0.461 e. The lowest BCUT2D eigenvalue weighted by Gasteiger charge is -2.34. The van der Waals surface area contributed by atoms with Gasteiger partial charge in [0.25, 0.3) is 0 Å². The second-order valence-corrected chi connectivity index (χ2v) is 7.68. The van der Waals surface area contributed by atoms with Gasteiger partial charge in [0.2, 0.25) is 6.79 Å². The van der Waals surface area contributed by atoms with Crippen LogP contribution in [0.3, 0.4) is 0 Å². The summed E-state index contributed by atoms with van der Waals surface area (Å²) < 4.78 is 16.0. The Hall–Kier alpha value is -2.28. The maximum Gasteiger partial charge on any atom is 0.357 e. The summed E-state index contributed by atoms with van der Waals surface area (Å²) in [4.78, 5) is 18.9. The molecule has 0 atom stereocenters. The van der Waals surface area contributed by atoms with Crippen molar-refractivity contribution < 1.29 is 19.0 Å². The molecule has 2 aliphatic rings. The van der Waals surface area contributed by atoms with Gasteiger partial charge < -0.3 is 19.1 Å². The summed E-state index contributed by atoms with van der Waals surface area (Å²) in [5, 5.41) is 2.67. The van der Waals surface area contributed by atoms with Gasteiger partial charge in [-0.25, -0.2) is 9.78 Å². The number of hydrogen-bond acceptors (Lipinski definition) is 7. The van der Waals surface area contributed by atoms with Gasteiger partial charge in [-0.05, 0) is 37.5 Å². The molecule has 4 rings (SSSR count). The fraction of sp³-hybridized carbons (Fsp3) is 0.500. The predicted octanol–water partition coefficient (Wildman–Crippen LogP) is 4.39. The highest BCUT2D eigenvalue weighted by Gasteiger charge is 2.26. The molecule has 0 N–H and O–H groups in total. The Morgan fingerprint density at radius 1 is 1.26 bits per heavy atom.